The van der Waals surface area contributed by atoms with Gasteiger partial charge in [-0.15, -0.1) is 0 Å². The number of hydrogen-bond donors (Lipinski definition) is 3. The molecule has 0 radical (unpaired) electrons. The van der Waals surface area contributed by atoms with Gasteiger partial charge < -0.3 is 1.43 Å². The Morgan fingerprint density at radius 2 is 1.33 bits per heavy atom. The molecule has 0 fully saturated rings. The fourth-order valence-electron chi connectivity index (χ4n) is 0. The predicted molar refractivity (Wildman–Crippen MR) is 14.2 cm³/mol. The molecule has 34 valence electrons. The summed E-state index contributed by atoms with van der Waals surface area (Å²) in [6.07, 6.45) is 0. The Bertz CT molecular complexity index is 57.8. The smallest absolute Gasteiger partial charge is 1.00 e. The van der Waals surface area contributed by atoms with E-state index in [4.69, 9.17) is 16.0 Å². The van der Waals surface area contributed by atoms with E-state index in [0.717, 1.165) is 0 Å². The van der Waals surface area contributed by atoms with Gasteiger partial charge in [-0.1, -0.05) is 0 Å². The third-order valence-electron chi connectivity index (χ3n) is 0. The molecule has 0 aromatic carbocycles. The van der Waals surface area contributed by atoms with E-state index in [1.54, 1.807) is 0 Å². The number of rotatable bonds is 0. The van der Waals surface area contributed by atoms with Crippen molar-refractivity contribution in [1.82, 2.24) is 0 Å². The molecule has 0 aliphatic rings. The first-order valence-corrected chi connectivity index (χ1v) is 4.07. The number of hydrogen-bond acceptors (Lipinski definition) is 1. The van der Waals surface area contributed by atoms with Gasteiger partial charge in [0.05, 0.1) is 0 Å². The van der Waals surface area contributed by atoms with E-state index in [0.29, 0.717) is 0 Å². The van der Waals surface area contributed by atoms with Crippen molar-refractivity contribution in [2.75, 3.05) is 0 Å². The van der Waals surface area contributed by atoms with Gasteiger partial charge in [-0.3, -0.25) is 0 Å². The van der Waals surface area contributed by atoms with Crippen LogP contribution in [0.25, 0.3) is 0 Å². The largest absolute Gasteiger partial charge is 1.00 e. The quantitative estimate of drug-likeness (QED) is 0.363. The van der Waals surface area contributed by atoms with Crippen LogP contribution in [0.4, 0.5) is 0 Å². The first kappa shape index (κ1) is 10.9. The first-order chi connectivity index (χ1) is 2.00. The molecule has 0 atom stereocenters. The van der Waals surface area contributed by atoms with E-state index in [1.165, 1.54) is 0 Å². The molecule has 0 saturated heterocycles. The Labute approximate surface area is 88.2 Å². The summed E-state index contributed by atoms with van der Waals surface area (Å²) >= 11 is -5.12. The minimum absolute atomic E-state index is 0. The summed E-state index contributed by atoms with van der Waals surface area (Å²) in [5.41, 5.74) is 0. The van der Waals surface area contributed by atoms with Gasteiger partial charge in [0.1, 0.15) is 0 Å². The Morgan fingerprint density at radius 1 is 1.33 bits per heavy atom. The molecule has 0 spiro atoms. The van der Waals surface area contributed by atoms with Gasteiger partial charge in [0.25, 0.3) is 0 Å². The van der Waals surface area contributed by atoms with Crippen molar-refractivity contribution in [3.63, 3.8) is 0 Å². The second kappa shape index (κ2) is 3.98. The summed E-state index contributed by atoms with van der Waals surface area (Å²) < 4.78 is 30.7. The maximum atomic E-state index is 8.94. The summed E-state index contributed by atoms with van der Waals surface area (Å²) in [5, 5.41) is 0. The maximum absolute atomic E-state index is 8.94. The van der Waals surface area contributed by atoms with E-state index in [1.807, 2.05) is 0 Å². The fraction of sp³-hybridized carbons (Fsp3) is 0. The van der Waals surface area contributed by atoms with Crippen LogP contribution < -0.4 is 58.2 Å². The second-order valence-electron chi connectivity index (χ2n) is 0.513. The van der Waals surface area contributed by atoms with Gasteiger partial charge in [0.2, 0.25) is 0 Å². The summed E-state index contributed by atoms with van der Waals surface area (Å²) in [6, 6.07) is 0. The molecule has 3 N–H and O–H groups in total. The Hall–Kier alpha value is 2.04. The van der Waals surface area contributed by atoms with Gasteiger partial charge >= 0.3 is 88.7 Å². The van der Waals surface area contributed by atoms with Crippen molar-refractivity contribution in [2.24, 2.45) is 0 Å². The average Bonchev–Trinajstić information content (AvgIpc) is 0.722. The topological polar surface area (TPSA) is 77.8 Å². The molecule has 0 heterocycles. The van der Waals surface area contributed by atoms with Crippen LogP contribution in [-0.2, 0) is 3.74 Å². The minimum atomic E-state index is -5.12. The zero-order valence-electron chi connectivity index (χ0n) is 4.20. The van der Waals surface area contributed by atoms with Gasteiger partial charge in [-0.25, -0.2) is 0 Å². The van der Waals surface area contributed by atoms with E-state index >= 15 is 0 Å². The van der Waals surface area contributed by atoms with Gasteiger partial charge in [0, 0.05) is 0 Å². The Balaban J connectivity index is -0.0000000800. The molecule has 0 aromatic rings. The molecule has 6 heavy (non-hydrogen) atoms. The predicted octanol–water partition coefficient (Wildman–Crippen LogP) is -5.05. The molecule has 4 nitrogen and oxygen atoms in total. The van der Waals surface area contributed by atoms with E-state index < -0.39 is 14.5 Å². The molecule has 0 aliphatic carbocycles. The van der Waals surface area contributed by atoms with Crippen LogP contribution in [0, 0.1) is 0 Å². The van der Waals surface area contributed by atoms with E-state index in [-0.39, 0.29) is 59.6 Å². The molecule has 0 unspecified atom stereocenters. The minimum Gasteiger partial charge on any atom is -1.00 e. The van der Waals surface area contributed by atoms with Crippen LogP contribution in [0.1, 0.15) is 1.43 Å². The average molecular weight is 228 g/mol. The van der Waals surface area contributed by atoms with E-state index in [2.05, 4.69) is 0 Å². The fourth-order valence-corrected chi connectivity index (χ4v) is 0. The molecule has 0 saturated carbocycles. The van der Waals surface area contributed by atoms with Crippen LogP contribution >= 0.6 is 0 Å². The van der Waals surface area contributed by atoms with Crippen LogP contribution in [0.5, 0.6) is 0 Å². The van der Waals surface area contributed by atoms with Gasteiger partial charge in [-0.2, -0.15) is 0 Å². The molecule has 0 amide bonds. The van der Waals surface area contributed by atoms with E-state index in [9.17, 15) is 0 Å². The van der Waals surface area contributed by atoms with Gasteiger partial charge in [-0.05, 0) is 0 Å². The molecule has 6 heteroatoms. The standard InChI is InChI=1S/AsH3O4.Rb.H/c2-1(3,4)5;;/h(H3,2,3,4,5);;/q;+1;-1. The van der Waals surface area contributed by atoms with Gasteiger partial charge in [0.15, 0.2) is 0 Å². The Morgan fingerprint density at radius 3 is 1.33 bits per heavy atom. The zero-order chi connectivity index (χ0) is 4.50. The third-order valence-corrected chi connectivity index (χ3v) is 0. The first-order valence-electron chi connectivity index (χ1n) is 0.783. The zero-order valence-corrected chi connectivity index (χ0v) is 9.99. The van der Waals surface area contributed by atoms with Crippen molar-refractivity contribution in [2.45, 2.75) is 0 Å². The maximum Gasteiger partial charge on any atom is 1.00 e. The van der Waals surface area contributed by atoms with Crippen molar-refractivity contribution in [1.29, 1.82) is 0 Å². The Kier molecular flexibility index (Phi) is 7.24. The molecule has 0 aromatic heterocycles. The van der Waals surface area contributed by atoms with Crippen molar-refractivity contribution < 1.29 is 75.6 Å². The summed E-state index contributed by atoms with van der Waals surface area (Å²) in [4.78, 5) is 0. The third kappa shape index (κ3) is 36.8. The van der Waals surface area contributed by atoms with Crippen molar-refractivity contribution >= 4 is 14.5 Å². The van der Waals surface area contributed by atoms with Crippen molar-refractivity contribution in [3.05, 3.63) is 0 Å². The monoisotopic (exact) mass is 228 g/mol. The van der Waals surface area contributed by atoms with Crippen LogP contribution in [0.15, 0.2) is 0 Å². The SMILES string of the molecule is O=[As](O)(O)O.[H-].[Rb+]. The van der Waals surface area contributed by atoms with Crippen LogP contribution in [0.3, 0.4) is 0 Å². The summed E-state index contributed by atoms with van der Waals surface area (Å²) in [6.45, 7) is 0. The molecular weight excluding hydrogens is 224 g/mol. The molecular formula is H4AsO4Rb. The normalized spacial score (nSPS) is 9.83. The molecule has 0 aliphatic heterocycles. The van der Waals surface area contributed by atoms with Crippen LogP contribution in [0.2, 0.25) is 0 Å². The summed E-state index contributed by atoms with van der Waals surface area (Å²) in [7, 11) is 0. The molecule has 0 rings (SSSR count). The summed E-state index contributed by atoms with van der Waals surface area (Å²) in [5.74, 6) is 0. The second-order valence-corrected chi connectivity index (χ2v) is 2.67. The molecule has 0 bridgehead atoms. The van der Waals surface area contributed by atoms with Crippen molar-refractivity contribution in [3.8, 4) is 0 Å². The van der Waals surface area contributed by atoms with Crippen LogP contribution in [-0.4, -0.2) is 26.8 Å².